The molecule has 1 saturated heterocycles. The molecule has 2 heterocycles. The average Bonchev–Trinajstić information content (AvgIpc) is 2.81. The van der Waals surface area contributed by atoms with E-state index in [4.69, 9.17) is 9.47 Å². The maximum atomic E-state index is 13.5. The second-order valence-electron chi connectivity index (χ2n) is 8.02. The first-order chi connectivity index (χ1) is 15.9. The molecular weight excluding hydrogens is 442 g/mol. The summed E-state index contributed by atoms with van der Waals surface area (Å²) in [6, 6.07) is 18.7. The first-order valence-electron chi connectivity index (χ1n) is 10.7. The second-order valence-corrected chi connectivity index (χ2v) is 9.12. The summed E-state index contributed by atoms with van der Waals surface area (Å²) in [5.41, 5.74) is 2.18. The number of carbonyl (C=O) groups excluding carboxylic acids is 3. The Morgan fingerprint density at radius 3 is 2.18 bits per heavy atom. The summed E-state index contributed by atoms with van der Waals surface area (Å²) in [5.74, 6) is -1.70. The number of hydrogen-bond donors (Lipinski definition) is 1. The molecule has 1 unspecified atom stereocenters. The van der Waals surface area contributed by atoms with Gasteiger partial charge in [-0.3, -0.25) is 14.5 Å². The highest BCUT2D eigenvalue weighted by Gasteiger charge is 2.55. The fourth-order valence-corrected chi connectivity index (χ4v) is 5.56. The number of amides is 1. The number of nitrogens with zero attached hydrogens (tertiary/aromatic N) is 1. The van der Waals surface area contributed by atoms with Gasteiger partial charge in [-0.2, -0.15) is 0 Å². The average molecular weight is 468 g/mol. The molecule has 4 rings (SSSR count). The zero-order valence-electron chi connectivity index (χ0n) is 18.3. The highest BCUT2D eigenvalue weighted by molar-refractivity contribution is 8.00. The lowest BCUT2D eigenvalue weighted by molar-refractivity contribution is -0.160. The topological polar surface area (TPSA) is 93.1 Å². The van der Waals surface area contributed by atoms with Crippen molar-refractivity contribution in [1.82, 2.24) is 4.90 Å². The van der Waals surface area contributed by atoms with E-state index >= 15 is 0 Å². The Bertz CT molecular complexity index is 1030. The molecule has 2 aliphatic rings. The Hall–Kier alpha value is -3.10. The Kier molecular flexibility index (Phi) is 6.85. The van der Waals surface area contributed by atoms with Gasteiger partial charge in [0.15, 0.2) is 6.10 Å². The molecule has 1 fully saturated rings. The number of rotatable bonds is 7. The lowest BCUT2D eigenvalue weighted by Gasteiger charge is -2.50. The van der Waals surface area contributed by atoms with Crippen LogP contribution in [0.4, 0.5) is 0 Å². The quantitative estimate of drug-likeness (QED) is 0.494. The van der Waals surface area contributed by atoms with Crippen molar-refractivity contribution < 1.29 is 29.0 Å². The van der Waals surface area contributed by atoms with Crippen LogP contribution in [0.1, 0.15) is 31.1 Å². The van der Waals surface area contributed by atoms with Gasteiger partial charge in [0.1, 0.15) is 12.3 Å². The van der Waals surface area contributed by atoms with Gasteiger partial charge in [-0.25, -0.2) is 4.79 Å². The number of aliphatic hydroxyl groups is 1. The number of fused-ring (bicyclic) bond motifs is 1. The number of ether oxygens (including phenoxy) is 2. The maximum Gasteiger partial charge on any atom is 0.356 e. The summed E-state index contributed by atoms with van der Waals surface area (Å²) >= 11 is 1.43. The number of benzene rings is 2. The minimum atomic E-state index is -0.833. The largest absolute Gasteiger partial charge is 0.461 e. The number of hydrogen-bond acceptors (Lipinski definition) is 7. The molecule has 7 nitrogen and oxygen atoms in total. The van der Waals surface area contributed by atoms with Gasteiger partial charge < -0.3 is 14.6 Å². The molecule has 8 heteroatoms. The van der Waals surface area contributed by atoms with Crippen LogP contribution in [0.3, 0.4) is 0 Å². The van der Waals surface area contributed by atoms with E-state index in [2.05, 4.69) is 0 Å². The summed E-state index contributed by atoms with van der Waals surface area (Å²) < 4.78 is 11.1. The summed E-state index contributed by atoms with van der Waals surface area (Å²) in [6.45, 7) is 2.75. The fraction of sp³-hybridized carbons (Fsp3) is 0.320. The van der Waals surface area contributed by atoms with Crippen molar-refractivity contribution in [3.63, 3.8) is 0 Å². The van der Waals surface area contributed by atoms with Crippen molar-refractivity contribution in [3.8, 4) is 0 Å². The van der Waals surface area contributed by atoms with Crippen molar-refractivity contribution in [2.24, 2.45) is 5.92 Å². The molecule has 1 amide bonds. The number of thioether (sulfide) groups is 1. The zero-order valence-corrected chi connectivity index (χ0v) is 19.2. The SMILES string of the molecule is CC(=O)OCC1=C(C(=O)OC(c2ccccc2)c2ccccc2)N2C(=O)[C@@H](C(C)O)[C@H]2SC1. The molecule has 172 valence electrons. The summed E-state index contributed by atoms with van der Waals surface area (Å²) in [4.78, 5) is 39.2. The molecule has 2 aromatic carbocycles. The monoisotopic (exact) mass is 467 g/mol. The molecule has 0 saturated carbocycles. The van der Waals surface area contributed by atoms with Gasteiger partial charge >= 0.3 is 11.9 Å². The van der Waals surface area contributed by atoms with Crippen molar-refractivity contribution in [1.29, 1.82) is 0 Å². The zero-order chi connectivity index (χ0) is 23.5. The lowest BCUT2D eigenvalue weighted by Crippen LogP contribution is -2.64. The van der Waals surface area contributed by atoms with E-state index in [1.165, 1.54) is 23.6 Å². The Balaban J connectivity index is 1.68. The van der Waals surface area contributed by atoms with E-state index in [-0.39, 0.29) is 23.6 Å². The predicted octanol–water partition coefficient (Wildman–Crippen LogP) is 3.05. The van der Waals surface area contributed by atoms with Crippen LogP contribution in [0.2, 0.25) is 0 Å². The molecule has 1 N–H and O–H groups in total. The second kappa shape index (κ2) is 9.80. The van der Waals surface area contributed by atoms with Crippen LogP contribution in [-0.4, -0.2) is 51.7 Å². The smallest absolute Gasteiger partial charge is 0.356 e. The van der Waals surface area contributed by atoms with Gasteiger partial charge in [0.2, 0.25) is 5.91 Å². The van der Waals surface area contributed by atoms with Crippen LogP contribution in [0.5, 0.6) is 0 Å². The van der Waals surface area contributed by atoms with E-state index in [0.717, 1.165) is 11.1 Å². The van der Waals surface area contributed by atoms with E-state index < -0.39 is 30.1 Å². The van der Waals surface area contributed by atoms with Crippen LogP contribution in [-0.2, 0) is 23.9 Å². The minimum absolute atomic E-state index is 0.0961. The molecule has 0 spiro atoms. The summed E-state index contributed by atoms with van der Waals surface area (Å²) in [5, 5.41) is 9.66. The van der Waals surface area contributed by atoms with Gasteiger partial charge in [-0.15, -0.1) is 11.8 Å². The lowest BCUT2D eigenvalue weighted by atomic mass is 9.91. The van der Waals surface area contributed by atoms with Crippen molar-refractivity contribution in [2.75, 3.05) is 12.4 Å². The van der Waals surface area contributed by atoms with Crippen LogP contribution in [0.15, 0.2) is 71.9 Å². The van der Waals surface area contributed by atoms with E-state index in [1.807, 2.05) is 60.7 Å². The van der Waals surface area contributed by atoms with E-state index in [9.17, 15) is 19.5 Å². The molecule has 3 atom stereocenters. The van der Waals surface area contributed by atoms with Gasteiger partial charge in [0.25, 0.3) is 0 Å². The van der Waals surface area contributed by atoms with Gasteiger partial charge in [0, 0.05) is 18.2 Å². The third-order valence-electron chi connectivity index (χ3n) is 5.68. The first kappa shape index (κ1) is 23.1. The predicted molar refractivity (Wildman–Crippen MR) is 123 cm³/mol. The van der Waals surface area contributed by atoms with Crippen LogP contribution >= 0.6 is 11.8 Å². The van der Waals surface area contributed by atoms with Gasteiger partial charge in [0.05, 0.1) is 17.4 Å². The van der Waals surface area contributed by atoms with Crippen molar-refractivity contribution in [2.45, 2.75) is 31.4 Å². The molecule has 2 aliphatic heterocycles. The van der Waals surface area contributed by atoms with Crippen LogP contribution < -0.4 is 0 Å². The highest BCUT2D eigenvalue weighted by Crippen LogP contribution is 2.45. The van der Waals surface area contributed by atoms with Crippen LogP contribution in [0.25, 0.3) is 0 Å². The standard InChI is InChI=1S/C25H25NO6S/c1-15(27)20-23(29)26-21(19(13-31-16(2)28)14-33-24(20)26)25(30)32-22(17-9-5-3-6-10-17)18-11-7-4-8-12-18/h3-12,15,20,22,24,27H,13-14H2,1-2H3/t15?,20-,24-/m1/s1. The Labute approximate surface area is 196 Å². The Morgan fingerprint density at radius 1 is 1.09 bits per heavy atom. The Morgan fingerprint density at radius 2 is 1.67 bits per heavy atom. The van der Waals surface area contributed by atoms with Crippen molar-refractivity contribution in [3.05, 3.63) is 83.1 Å². The maximum absolute atomic E-state index is 13.5. The number of carbonyl (C=O) groups is 3. The van der Waals surface area contributed by atoms with Gasteiger partial charge in [-0.1, -0.05) is 60.7 Å². The van der Waals surface area contributed by atoms with Crippen molar-refractivity contribution >= 4 is 29.6 Å². The van der Waals surface area contributed by atoms with E-state index in [1.54, 1.807) is 6.92 Å². The third kappa shape index (κ3) is 4.67. The van der Waals surface area contributed by atoms with Crippen LogP contribution in [0, 0.1) is 5.92 Å². The van der Waals surface area contributed by atoms with E-state index in [0.29, 0.717) is 11.3 Å². The molecule has 0 aliphatic carbocycles. The van der Waals surface area contributed by atoms with Gasteiger partial charge in [-0.05, 0) is 18.1 Å². The molecule has 0 aromatic heterocycles. The molecule has 0 radical (unpaired) electrons. The molecule has 2 aromatic rings. The number of esters is 2. The first-order valence-corrected chi connectivity index (χ1v) is 11.7. The molecular formula is C25H25NO6S. The number of β-lactam (4-membered cyclic amide) rings is 1. The fourth-order valence-electron chi connectivity index (χ4n) is 4.06. The normalized spacial score (nSPS) is 20.7. The minimum Gasteiger partial charge on any atom is -0.461 e. The third-order valence-corrected chi connectivity index (χ3v) is 7.04. The molecule has 0 bridgehead atoms. The highest BCUT2D eigenvalue weighted by atomic mass is 32.2. The summed E-state index contributed by atoms with van der Waals surface area (Å²) in [7, 11) is 0. The molecule has 33 heavy (non-hydrogen) atoms. The number of aliphatic hydroxyl groups excluding tert-OH is 1. The summed E-state index contributed by atoms with van der Waals surface area (Å²) in [6.07, 6.45) is -1.51.